The maximum absolute atomic E-state index is 14.0. The van der Waals surface area contributed by atoms with Crippen LogP contribution in [-0.4, -0.2) is 27.3 Å². The average molecular weight is 247 g/mol. The predicted molar refractivity (Wildman–Crippen MR) is 64.4 cm³/mol. The summed E-state index contributed by atoms with van der Waals surface area (Å²) in [5.41, 5.74) is 6.29. The van der Waals surface area contributed by atoms with Gasteiger partial charge in [-0.3, -0.25) is 0 Å². The van der Waals surface area contributed by atoms with E-state index in [9.17, 15) is 4.39 Å². The van der Waals surface area contributed by atoms with Crippen LogP contribution in [0.25, 0.3) is 0 Å². The zero-order valence-corrected chi connectivity index (χ0v) is 10.2. The summed E-state index contributed by atoms with van der Waals surface area (Å²) < 4.78 is 18.9. The Bertz CT molecular complexity index is 360. The van der Waals surface area contributed by atoms with E-state index in [0.717, 1.165) is 0 Å². The van der Waals surface area contributed by atoms with E-state index in [2.05, 4.69) is 0 Å². The van der Waals surface area contributed by atoms with Gasteiger partial charge < -0.3 is 15.4 Å². The van der Waals surface area contributed by atoms with Gasteiger partial charge in [-0.25, -0.2) is 4.39 Å². The minimum atomic E-state index is -0.353. The van der Waals surface area contributed by atoms with Crippen molar-refractivity contribution in [3.8, 4) is 0 Å². The highest BCUT2D eigenvalue weighted by molar-refractivity contribution is 6.31. The lowest BCUT2D eigenvalue weighted by Crippen LogP contribution is -2.23. The van der Waals surface area contributed by atoms with Crippen molar-refractivity contribution >= 4 is 17.3 Å². The molecular weight excluding hydrogens is 231 g/mol. The second-order valence-electron chi connectivity index (χ2n) is 3.48. The van der Waals surface area contributed by atoms with Crippen LogP contribution in [0.3, 0.4) is 0 Å². The smallest absolute Gasteiger partial charge is 0.152 e. The monoisotopic (exact) mass is 246 g/mol. The van der Waals surface area contributed by atoms with Crippen LogP contribution in [0.2, 0.25) is 5.02 Å². The van der Waals surface area contributed by atoms with Gasteiger partial charge in [0.15, 0.2) is 5.82 Å². The lowest BCUT2D eigenvalue weighted by atomic mass is 10.1. The molecule has 3 nitrogen and oxygen atoms in total. The lowest BCUT2D eigenvalue weighted by molar-refractivity contribution is 0.206. The molecule has 0 saturated carbocycles. The Morgan fingerprint density at radius 2 is 2.19 bits per heavy atom. The largest absolute Gasteiger partial charge is 0.383 e. The van der Waals surface area contributed by atoms with Crippen LogP contribution in [-0.2, 0) is 11.3 Å². The molecule has 0 aliphatic rings. The number of anilines is 1. The van der Waals surface area contributed by atoms with Gasteiger partial charge >= 0.3 is 0 Å². The molecule has 0 atom stereocenters. The molecule has 0 aliphatic heterocycles. The first-order valence-corrected chi connectivity index (χ1v) is 5.36. The molecule has 0 bridgehead atoms. The van der Waals surface area contributed by atoms with E-state index in [-0.39, 0.29) is 12.4 Å². The van der Waals surface area contributed by atoms with E-state index in [1.54, 1.807) is 31.2 Å². The van der Waals surface area contributed by atoms with Gasteiger partial charge in [0.2, 0.25) is 0 Å². The van der Waals surface area contributed by atoms with Gasteiger partial charge in [0.05, 0.1) is 12.3 Å². The Morgan fingerprint density at radius 3 is 2.75 bits per heavy atom. The number of nitrogens with two attached hydrogens (primary N) is 1. The van der Waals surface area contributed by atoms with Gasteiger partial charge in [-0.2, -0.15) is 0 Å². The number of methoxy groups -OCH3 is 1. The SMILES string of the molecule is COCCN(C)c1ccc(Cl)c(CN)c1F. The number of benzene rings is 1. The molecule has 0 aliphatic carbocycles. The third-order valence-corrected chi connectivity index (χ3v) is 2.77. The van der Waals surface area contributed by atoms with E-state index in [1.165, 1.54) is 0 Å². The van der Waals surface area contributed by atoms with Crippen LogP contribution in [0.5, 0.6) is 0 Å². The molecule has 1 aromatic rings. The Morgan fingerprint density at radius 1 is 1.50 bits per heavy atom. The van der Waals surface area contributed by atoms with Crippen LogP contribution >= 0.6 is 11.6 Å². The minimum Gasteiger partial charge on any atom is -0.383 e. The van der Waals surface area contributed by atoms with Gasteiger partial charge in [0, 0.05) is 37.8 Å². The minimum absolute atomic E-state index is 0.0939. The summed E-state index contributed by atoms with van der Waals surface area (Å²) in [4.78, 5) is 1.77. The van der Waals surface area contributed by atoms with E-state index in [4.69, 9.17) is 22.1 Å². The summed E-state index contributed by atoms with van der Waals surface area (Å²) in [6.45, 7) is 1.24. The zero-order valence-electron chi connectivity index (χ0n) is 9.46. The molecule has 1 aromatic carbocycles. The predicted octanol–water partition coefficient (Wildman–Crippen LogP) is 2.02. The topological polar surface area (TPSA) is 38.5 Å². The molecule has 0 unspecified atom stereocenters. The number of halogens is 2. The summed E-state index contributed by atoms with van der Waals surface area (Å²) in [5, 5.41) is 0.365. The average Bonchev–Trinajstić information content (AvgIpc) is 2.26. The quantitative estimate of drug-likeness (QED) is 0.864. The summed E-state index contributed by atoms with van der Waals surface area (Å²) in [6, 6.07) is 3.30. The fourth-order valence-corrected chi connectivity index (χ4v) is 1.64. The molecule has 0 radical (unpaired) electrons. The molecule has 16 heavy (non-hydrogen) atoms. The molecule has 0 amide bonds. The first-order chi connectivity index (χ1) is 7.61. The number of ether oxygens (including phenoxy) is 1. The Balaban J connectivity index is 2.96. The molecule has 0 heterocycles. The number of hydrogen-bond donors (Lipinski definition) is 1. The standard InChI is InChI=1S/C11H16ClFN2O/c1-15(5-6-16-2)10-4-3-9(12)8(7-14)11(10)13/h3-4H,5-7,14H2,1-2H3. The zero-order chi connectivity index (χ0) is 12.1. The second-order valence-corrected chi connectivity index (χ2v) is 3.88. The highest BCUT2D eigenvalue weighted by Gasteiger charge is 2.13. The molecule has 0 saturated heterocycles. The normalized spacial score (nSPS) is 10.6. The van der Waals surface area contributed by atoms with Crippen molar-refractivity contribution in [2.75, 3.05) is 32.2 Å². The van der Waals surface area contributed by atoms with Gasteiger partial charge in [0.25, 0.3) is 0 Å². The van der Waals surface area contributed by atoms with E-state index < -0.39 is 0 Å². The van der Waals surface area contributed by atoms with Crippen LogP contribution in [0.4, 0.5) is 10.1 Å². The van der Waals surface area contributed by atoms with Gasteiger partial charge in [-0.15, -0.1) is 0 Å². The van der Waals surface area contributed by atoms with Crippen molar-refractivity contribution in [2.24, 2.45) is 5.73 Å². The second kappa shape index (κ2) is 6.03. The van der Waals surface area contributed by atoms with E-state index >= 15 is 0 Å². The number of nitrogens with zero attached hydrogens (tertiary/aromatic N) is 1. The Hall–Kier alpha value is -0.840. The van der Waals surface area contributed by atoms with Crippen LogP contribution in [0, 0.1) is 5.82 Å². The van der Waals surface area contributed by atoms with Crippen LogP contribution < -0.4 is 10.6 Å². The van der Waals surface area contributed by atoms with Gasteiger partial charge in [-0.1, -0.05) is 11.6 Å². The van der Waals surface area contributed by atoms with Crippen LogP contribution in [0.1, 0.15) is 5.56 Å². The number of rotatable bonds is 5. The van der Waals surface area contributed by atoms with Crippen molar-refractivity contribution in [3.05, 3.63) is 28.5 Å². The molecule has 2 N–H and O–H groups in total. The van der Waals surface area contributed by atoms with Crippen molar-refractivity contribution in [2.45, 2.75) is 6.54 Å². The highest BCUT2D eigenvalue weighted by atomic mass is 35.5. The summed E-state index contributed by atoms with van der Waals surface area (Å²) >= 11 is 5.85. The molecular formula is C11H16ClFN2O. The fourth-order valence-electron chi connectivity index (χ4n) is 1.42. The number of hydrogen-bond acceptors (Lipinski definition) is 3. The number of likely N-dealkylation sites (N-methyl/N-ethyl adjacent to an activating group) is 1. The molecule has 0 fully saturated rings. The molecule has 90 valence electrons. The van der Waals surface area contributed by atoms with Crippen LogP contribution in [0.15, 0.2) is 12.1 Å². The summed E-state index contributed by atoms with van der Waals surface area (Å²) in [5.74, 6) is -0.353. The third-order valence-electron chi connectivity index (χ3n) is 2.41. The lowest BCUT2D eigenvalue weighted by Gasteiger charge is -2.21. The molecule has 5 heteroatoms. The summed E-state index contributed by atoms with van der Waals surface area (Å²) in [7, 11) is 3.41. The highest BCUT2D eigenvalue weighted by Crippen LogP contribution is 2.27. The van der Waals surface area contributed by atoms with Crippen molar-refractivity contribution in [3.63, 3.8) is 0 Å². The molecule has 0 spiro atoms. The Kier molecular flexibility index (Phi) is 4.99. The first kappa shape index (κ1) is 13.2. The molecule has 1 rings (SSSR count). The maximum Gasteiger partial charge on any atom is 0.152 e. The van der Waals surface area contributed by atoms with Crippen molar-refractivity contribution < 1.29 is 9.13 Å². The van der Waals surface area contributed by atoms with Crippen molar-refractivity contribution in [1.82, 2.24) is 0 Å². The molecule has 0 aromatic heterocycles. The fraction of sp³-hybridized carbons (Fsp3) is 0.455. The van der Waals surface area contributed by atoms with Gasteiger partial charge in [0.1, 0.15) is 0 Å². The maximum atomic E-state index is 14.0. The van der Waals surface area contributed by atoms with E-state index in [1.807, 2.05) is 0 Å². The Labute approximate surface area is 99.9 Å². The van der Waals surface area contributed by atoms with Gasteiger partial charge in [-0.05, 0) is 12.1 Å². The summed E-state index contributed by atoms with van der Waals surface area (Å²) in [6.07, 6.45) is 0. The first-order valence-electron chi connectivity index (χ1n) is 4.98. The third kappa shape index (κ3) is 2.84. The van der Waals surface area contributed by atoms with Crippen molar-refractivity contribution in [1.29, 1.82) is 0 Å². The van der Waals surface area contributed by atoms with E-state index in [0.29, 0.717) is 29.4 Å².